The van der Waals surface area contributed by atoms with E-state index in [1.807, 2.05) is 30.3 Å². The Kier molecular flexibility index (Phi) is 6.93. The highest BCUT2D eigenvalue weighted by molar-refractivity contribution is 5.99. The van der Waals surface area contributed by atoms with Crippen molar-refractivity contribution in [1.29, 1.82) is 10.5 Å². The van der Waals surface area contributed by atoms with Gasteiger partial charge in [0.05, 0.1) is 41.2 Å². The summed E-state index contributed by atoms with van der Waals surface area (Å²) < 4.78 is 5.56. The second-order valence-electron chi connectivity index (χ2n) is 11.9. The normalized spacial score (nSPS) is 15.5. The molecular weight excluding hydrogens is 526 g/mol. The molecule has 6 rings (SSSR count). The van der Waals surface area contributed by atoms with E-state index in [1.54, 1.807) is 13.3 Å². The largest absolute Gasteiger partial charge is 0.481 e. The van der Waals surface area contributed by atoms with Crippen LogP contribution in [0.25, 0.3) is 21.7 Å². The maximum Gasteiger partial charge on any atom is 0.221 e. The molecule has 2 aromatic carbocycles. The zero-order valence-electron chi connectivity index (χ0n) is 24.1. The summed E-state index contributed by atoms with van der Waals surface area (Å²) in [5, 5.41) is 31.9. The fourth-order valence-electron chi connectivity index (χ4n) is 5.25. The number of pyridine rings is 2. The number of aromatic nitrogens is 2. The Balaban J connectivity index is 1.50. The monoisotopic (exact) mass is 559 g/mol. The number of ether oxygens (including phenoxy) is 1. The quantitative estimate of drug-likeness (QED) is 0.220. The number of nitrogens with zero attached hydrogens (tertiary/aromatic N) is 5. The van der Waals surface area contributed by atoms with Gasteiger partial charge in [-0.3, -0.25) is 9.99 Å². The van der Waals surface area contributed by atoms with Crippen molar-refractivity contribution in [2.45, 2.75) is 45.7 Å². The second kappa shape index (κ2) is 10.7. The van der Waals surface area contributed by atoms with Crippen molar-refractivity contribution < 1.29 is 4.74 Å². The Morgan fingerprint density at radius 1 is 1.07 bits per heavy atom. The van der Waals surface area contributed by atoms with Crippen molar-refractivity contribution >= 4 is 33.1 Å². The highest BCUT2D eigenvalue weighted by Gasteiger charge is 2.33. The number of fused-ring (bicyclic) bond motifs is 2. The first-order chi connectivity index (χ1) is 20.3. The van der Waals surface area contributed by atoms with Gasteiger partial charge in [0.2, 0.25) is 5.88 Å². The van der Waals surface area contributed by atoms with Crippen molar-refractivity contribution in [3.05, 3.63) is 77.4 Å². The smallest absolute Gasteiger partial charge is 0.221 e. The van der Waals surface area contributed by atoms with Crippen molar-refractivity contribution in [2.24, 2.45) is 5.41 Å². The van der Waals surface area contributed by atoms with E-state index in [2.05, 4.69) is 81.7 Å². The SMILES string of the molecule is COc1nccc2c([C@H](Nc3cc(C#N)c4ncc(C#N)c(NCC(C)(C)C)c4c3)C3=CN(C4CC4)NN3)cccc12. The predicted octanol–water partition coefficient (Wildman–Crippen LogP) is 5.47. The summed E-state index contributed by atoms with van der Waals surface area (Å²) in [7, 11) is 1.62. The molecule has 0 radical (unpaired) electrons. The summed E-state index contributed by atoms with van der Waals surface area (Å²) >= 11 is 0. The molecule has 4 aromatic rings. The molecule has 0 unspecified atom stereocenters. The van der Waals surface area contributed by atoms with Gasteiger partial charge in [-0.15, -0.1) is 5.53 Å². The summed E-state index contributed by atoms with van der Waals surface area (Å²) in [5.41, 5.74) is 11.4. The van der Waals surface area contributed by atoms with Gasteiger partial charge in [-0.1, -0.05) is 32.9 Å². The highest BCUT2D eigenvalue weighted by Crippen LogP contribution is 2.38. The molecule has 0 bridgehead atoms. The highest BCUT2D eigenvalue weighted by atomic mass is 16.5. The molecule has 42 heavy (non-hydrogen) atoms. The Morgan fingerprint density at radius 2 is 1.88 bits per heavy atom. The average molecular weight is 560 g/mol. The van der Waals surface area contributed by atoms with E-state index < -0.39 is 0 Å². The van der Waals surface area contributed by atoms with Crippen molar-refractivity contribution in [3.8, 4) is 18.0 Å². The summed E-state index contributed by atoms with van der Waals surface area (Å²) in [6, 6.07) is 16.6. The minimum atomic E-state index is -0.320. The first kappa shape index (κ1) is 27.1. The molecule has 1 atom stereocenters. The van der Waals surface area contributed by atoms with Crippen molar-refractivity contribution in [2.75, 3.05) is 24.3 Å². The first-order valence-electron chi connectivity index (χ1n) is 14.0. The van der Waals surface area contributed by atoms with E-state index in [4.69, 9.17) is 4.74 Å². The first-order valence-corrected chi connectivity index (χ1v) is 14.0. The third-order valence-electron chi connectivity index (χ3n) is 7.49. The zero-order chi connectivity index (χ0) is 29.4. The van der Waals surface area contributed by atoms with E-state index in [0.717, 1.165) is 40.6 Å². The van der Waals surface area contributed by atoms with Crippen LogP contribution in [0.5, 0.6) is 5.88 Å². The van der Waals surface area contributed by atoms with Gasteiger partial charge in [-0.25, -0.2) is 4.98 Å². The molecule has 1 saturated carbocycles. The van der Waals surface area contributed by atoms with Crippen LogP contribution in [0.3, 0.4) is 0 Å². The number of nitrogens with one attached hydrogen (secondary N) is 4. The van der Waals surface area contributed by atoms with Crippen molar-refractivity contribution in [1.82, 2.24) is 25.9 Å². The lowest BCUT2D eigenvalue weighted by Gasteiger charge is -2.24. The fourth-order valence-corrected chi connectivity index (χ4v) is 5.25. The number of hydrogen-bond donors (Lipinski definition) is 4. The third-order valence-corrected chi connectivity index (χ3v) is 7.49. The molecule has 0 amide bonds. The van der Waals surface area contributed by atoms with Gasteiger partial charge in [0.1, 0.15) is 12.1 Å². The van der Waals surface area contributed by atoms with Crippen LogP contribution in [-0.4, -0.2) is 34.7 Å². The van der Waals surface area contributed by atoms with E-state index in [0.29, 0.717) is 46.2 Å². The molecule has 3 heterocycles. The van der Waals surface area contributed by atoms with Gasteiger partial charge < -0.3 is 20.8 Å². The molecule has 10 nitrogen and oxygen atoms in total. The Hall–Kier alpha value is -5.06. The van der Waals surface area contributed by atoms with Crippen LogP contribution in [0.1, 0.15) is 56.3 Å². The molecule has 2 aliphatic rings. The average Bonchev–Trinajstić information content (AvgIpc) is 3.73. The second-order valence-corrected chi connectivity index (χ2v) is 11.9. The molecule has 0 saturated heterocycles. The van der Waals surface area contributed by atoms with Crippen LogP contribution in [0.4, 0.5) is 11.4 Å². The molecule has 10 heteroatoms. The van der Waals surface area contributed by atoms with Crippen LogP contribution in [0, 0.1) is 28.1 Å². The van der Waals surface area contributed by atoms with Gasteiger partial charge in [-0.05, 0) is 53.5 Å². The Bertz CT molecular complexity index is 1790. The standard InChI is InChI=1S/C32H33N9O/c1-32(2,3)18-37-29-20(15-34)16-36-28-19(14-33)12-21(13-26(28)29)38-30(27-17-41(40-39-27)22-8-9-22)24-6-5-7-25-23(24)10-11-35-31(25)42-4/h5-7,10-13,16-17,22,30,38-40H,8-9,18H2,1-4H3,(H,36,37)/t30-/m0/s1. The molecule has 212 valence electrons. The zero-order valence-corrected chi connectivity index (χ0v) is 24.1. The van der Waals surface area contributed by atoms with Crippen molar-refractivity contribution in [3.63, 3.8) is 0 Å². The van der Waals surface area contributed by atoms with E-state index in [1.165, 1.54) is 6.20 Å². The lowest BCUT2D eigenvalue weighted by atomic mass is 9.96. The van der Waals surface area contributed by atoms with E-state index in [-0.39, 0.29) is 11.5 Å². The van der Waals surface area contributed by atoms with Gasteiger partial charge in [0.15, 0.2) is 0 Å². The minimum absolute atomic E-state index is 0.0212. The number of anilines is 2. The summed E-state index contributed by atoms with van der Waals surface area (Å²) in [5.74, 6) is 0.557. The van der Waals surface area contributed by atoms with Crippen LogP contribution in [-0.2, 0) is 0 Å². The third kappa shape index (κ3) is 5.20. The summed E-state index contributed by atoms with van der Waals surface area (Å²) in [6.07, 6.45) is 7.67. The number of nitriles is 2. The topological polar surface area (TPSA) is 134 Å². The fraction of sp³-hybridized carbons (Fsp3) is 0.312. The lowest BCUT2D eigenvalue weighted by Crippen LogP contribution is -2.38. The molecule has 4 N–H and O–H groups in total. The van der Waals surface area contributed by atoms with Crippen LogP contribution in [0.2, 0.25) is 0 Å². The van der Waals surface area contributed by atoms with Gasteiger partial charge in [0.25, 0.3) is 0 Å². The predicted molar refractivity (Wildman–Crippen MR) is 163 cm³/mol. The summed E-state index contributed by atoms with van der Waals surface area (Å²) in [4.78, 5) is 8.90. The Labute approximate surface area is 244 Å². The molecule has 0 spiro atoms. The van der Waals surface area contributed by atoms with Gasteiger partial charge >= 0.3 is 0 Å². The van der Waals surface area contributed by atoms with Gasteiger partial charge in [0, 0.05) is 47.6 Å². The number of hydrogen-bond acceptors (Lipinski definition) is 10. The maximum absolute atomic E-state index is 10.1. The van der Waals surface area contributed by atoms with Crippen LogP contribution < -0.4 is 26.3 Å². The van der Waals surface area contributed by atoms with Crippen LogP contribution in [0.15, 0.2) is 60.7 Å². The molecule has 1 fully saturated rings. The number of hydrazine groups is 2. The maximum atomic E-state index is 10.1. The number of rotatable bonds is 8. The molecule has 2 aromatic heterocycles. The number of methoxy groups -OCH3 is 1. The minimum Gasteiger partial charge on any atom is -0.481 e. The summed E-state index contributed by atoms with van der Waals surface area (Å²) in [6.45, 7) is 7.03. The Morgan fingerprint density at radius 3 is 2.60 bits per heavy atom. The molecule has 1 aliphatic heterocycles. The molecule has 1 aliphatic carbocycles. The van der Waals surface area contributed by atoms with E-state index in [9.17, 15) is 10.5 Å². The molecular formula is C32H33N9O. The van der Waals surface area contributed by atoms with Gasteiger partial charge in [-0.2, -0.15) is 10.5 Å². The number of benzene rings is 2. The lowest BCUT2D eigenvalue weighted by molar-refractivity contribution is 0.260. The van der Waals surface area contributed by atoms with Crippen LogP contribution >= 0.6 is 0 Å². The van der Waals surface area contributed by atoms with E-state index >= 15 is 0 Å².